The van der Waals surface area contributed by atoms with Gasteiger partial charge in [-0.05, 0) is 29.5 Å². The Bertz CT molecular complexity index is 492. The molecule has 1 heterocycles. The van der Waals surface area contributed by atoms with Crippen molar-refractivity contribution >= 4 is 17.7 Å². The first-order chi connectivity index (χ1) is 9.85. The molecule has 0 bridgehead atoms. The Hall–Kier alpha value is -1.25. The monoisotopic (exact) mass is 321 g/mol. The van der Waals surface area contributed by atoms with Crippen molar-refractivity contribution in [2.24, 2.45) is 0 Å². The van der Waals surface area contributed by atoms with Crippen LogP contribution in [0.3, 0.4) is 0 Å². The molecular formula is C13H14F3NO3S. The number of carbonyl (C=O) groups is 1. The Kier molecular flexibility index (Phi) is 5.13. The van der Waals surface area contributed by atoms with E-state index in [0.29, 0.717) is 19.7 Å². The first-order valence-electron chi connectivity index (χ1n) is 6.24. The van der Waals surface area contributed by atoms with Gasteiger partial charge >= 0.3 is 11.5 Å². The van der Waals surface area contributed by atoms with E-state index < -0.39 is 17.5 Å². The predicted octanol–water partition coefficient (Wildman–Crippen LogP) is 2.58. The minimum Gasteiger partial charge on any atom is -0.480 e. The summed E-state index contributed by atoms with van der Waals surface area (Å²) in [5.74, 6) is -0.959. The Morgan fingerprint density at radius 3 is 2.62 bits per heavy atom. The average molecular weight is 321 g/mol. The van der Waals surface area contributed by atoms with E-state index in [2.05, 4.69) is 0 Å². The van der Waals surface area contributed by atoms with Crippen LogP contribution in [0.1, 0.15) is 5.56 Å². The van der Waals surface area contributed by atoms with E-state index in [1.165, 1.54) is 12.1 Å². The molecule has 2 rings (SSSR count). The molecule has 1 fully saturated rings. The molecule has 1 aliphatic heterocycles. The summed E-state index contributed by atoms with van der Waals surface area (Å²) in [6.45, 7) is 1.43. The summed E-state index contributed by atoms with van der Waals surface area (Å²) < 4.78 is 41.8. The van der Waals surface area contributed by atoms with Gasteiger partial charge in [0.25, 0.3) is 0 Å². The molecule has 8 heteroatoms. The molecule has 0 radical (unpaired) electrons. The zero-order valence-electron chi connectivity index (χ0n) is 11.0. The lowest BCUT2D eigenvalue weighted by atomic mass is 10.1. The lowest BCUT2D eigenvalue weighted by Crippen LogP contribution is -2.49. The van der Waals surface area contributed by atoms with Gasteiger partial charge in [0, 0.05) is 18.0 Å². The average Bonchev–Trinajstić information content (AvgIpc) is 2.40. The lowest BCUT2D eigenvalue weighted by molar-refractivity contribution is -0.150. The zero-order chi connectivity index (χ0) is 15.5. The van der Waals surface area contributed by atoms with Gasteiger partial charge in [-0.3, -0.25) is 9.69 Å². The summed E-state index contributed by atoms with van der Waals surface area (Å²) in [6, 6.07) is 5.24. The number of rotatable bonds is 4. The van der Waals surface area contributed by atoms with E-state index in [1.807, 2.05) is 0 Å². The van der Waals surface area contributed by atoms with Crippen molar-refractivity contribution < 1.29 is 27.8 Å². The molecule has 21 heavy (non-hydrogen) atoms. The van der Waals surface area contributed by atoms with Crippen LogP contribution in [0, 0.1) is 0 Å². The highest BCUT2D eigenvalue weighted by molar-refractivity contribution is 8.00. The van der Waals surface area contributed by atoms with E-state index in [9.17, 15) is 18.0 Å². The number of nitrogens with zero attached hydrogens (tertiary/aromatic N) is 1. The number of aliphatic carboxylic acids is 1. The molecule has 4 nitrogen and oxygen atoms in total. The molecular weight excluding hydrogens is 307 g/mol. The van der Waals surface area contributed by atoms with E-state index in [4.69, 9.17) is 9.84 Å². The maximum atomic E-state index is 12.2. The molecule has 1 aromatic rings. The molecule has 116 valence electrons. The topological polar surface area (TPSA) is 49.8 Å². The predicted molar refractivity (Wildman–Crippen MR) is 71.0 cm³/mol. The number of morpholine rings is 1. The first-order valence-corrected chi connectivity index (χ1v) is 7.06. The number of carboxylic acid groups (broad SMARTS) is 1. The number of ether oxygens (including phenoxy) is 1. The van der Waals surface area contributed by atoms with E-state index in [1.54, 1.807) is 17.0 Å². The molecule has 0 aliphatic carbocycles. The van der Waals surface area contributed by atoms with Crippen LogP contribution in [0.15, 0.2) is 29.2 Å². The lowest BCUT2D eigenvalue weighted by Gasteiger charge is -2.32. The highest BCUT2D eigenvalue weighted by atomic mass is 32.2. The van der Waals surface area contributed by atoms with Crippen molar-refractivity contribution in [2.75, 3.05) is 19.8 Å². The van der Waals surface area contributed by atoms with Crippen molar-refractivity contribution in [3.05, 3.63) is 29.8 Å². The van der Waals surface area contributed by atoms with Crippen LogP contribution in [-0.2, 0) is 16.1 Å². The standard InChI is InChI=1S/C13H14F3NO3S/c14-13(15,16)21-10-3-1-9(2-4-10)7-17-5-6-20-8-11(17)12(18)19/h1-4,11H,5-8H2,(H,18,19). The number of hydrogen-bond donors (Lipinski definition) is 1. The van der Waals surface area contributed by atoms with Crippen molar-refractivity contribution in [3.63, 3.8) is 0 Å². The van der Waals surface area contributed by atoms with Crippen LogP contribution in [0.5, 0.6) is 0 Å². The number of carboxylic acids is 1. The number of thioether (sulfide) groups is 1. The summed E-state index contributed by atoms with van der Waals surface area (Å²) >= 11 is -0.167. The quantitative estimate of drug-likeness (QED) is 0.864. The SMILES string of the molecule is O=C(O)C1COCCN1Cc1ccc(SC(F)(F)F)cc1. The van der Waals surface area contributed by atoms with Crippen molar-refractivity contribution in [1.82, 2.24) is 4.90 Å². The highest BCUT2D eigenvalue weighted by Crippen LogP contribution is 2.36. The second-order valence-electron chi connectivity index (χ2n) is 4.59. The Balaban J connectivity index is 2.00. The molecule has 1 N–H and O–H groups in total. The number of hydrogen-bond acceptors (Lipinski definition) is 4. The summed E-state index contributed by atoms with van der Waals surface area (Å²) in [6.07, 6.45) is 0. The van der Waals surface area contributed by atoms with Crippen molar-refractivity contribution in [1.29, 1.82) is 0 Å². The molecule has 1 saturated heterocycles. The molecule has 1 unspecified atom stereocenters. The van der Waals surface area contributed by atoms with Gasteiger partial charge in [-0.2, -0.15) is 13.2 Å². The number of benzene rings is 1. The molecule has 0 saturated carbocycles. The second-order valence-corrected chi connectivity index (χ2v) is 5.73. The van der Waals surface area contributed by atoms with Gasteiger partial charge in [0.15, 0.2) is 0 Å². The Labute approximate surface area is 123 Å². The summed E-state index contributed by atoms with van der Waals surface area (Å²) in [5, 5.41) is 9.11. The highest BCUT2D eigenvalue weighted by Gasteiger charge is 2.30. The minimum atomic E-state index is -4.31. The summed E-state index contributed by atoms with van der Waals surface area (Å²) in [5.41, 5.74) is -3.53. The van der Waals surface area contributed by atoms with Gasteiger partial charge in [-0.1, -0.05) is 12.1 Å². The third kappa shape index (κ3) is 4.90. The van der Waals surface area contributed by atoms with E-state index in [0.717, 1.165) is 5.56 Å². The maximum Gasteiger partial charge on any atom is 0.446 e. The van der Waals surface area contributed by atoms with Crippen molar-refractivity contribution in [3.8, 4) is 0 Å². The fourth-order valence-corrected chi connectivity index (χ4v) is 2.63. The van der Waals surface area contributed by atoms with Gasteiger partial charge in [0.2, 0.25) is 0 Å². The Morgan fingerprint density at radius 2 is 2.05 bits per heavy atom. The second kappa shape index (κ2) is 6.67. The van der Waals surface area contributed by atoms with Crippen LogP contribution in [0.4, 0.5) is 13.2 Å². The zero-order valence-corrected chi connectivity index (χ0v) is 11.8. The van der Waals surface area contributed by atoms with Gasteiger partial charge in [0.1, 0.15) is 6.04 Å². The molecule has 1 atom stereocenters. The normalized spacial score (nSPS) is 20.4. The summed E-state index contributed by atoms with van der Waals surface area (Å²) in [4.78, 5) is 13.0. The van der Waals surface area contributed by atoms with E-state index >= 15 is 0 Å². The number of alkyl halides is 3. The molecule has 0 amide bonds. The van der Waals surface area contributed by atoms with Gasteiger partial charge in [-0.15, -0.1) is 0 Å². The first kappa shape index (κ1) is 16.1. The minimum absolute atomic E-state index is 0.114. The molecule has 0 aromatic heterocycles. The van der Waals surface area contributed by atoms with Crippen LogP contribution in [0.2, 0.25) is 0 Å². The van der Waals surface area contributed by atoms with Crippen molar-refractivity contribution in [2.45, 2.75) is 23.0 Å². The third-order valence-electron chi connectivity index (χ3n) is 3.07. The van der Waals surface area contributed by atoms with Gasteiger partial charge < -0.3 is 9.84 Å². The smallest absolute Gasteiger partial charge is 0.446 e. The fourth-order valence-electron chi connectivity index (χ4n) is 2.09. The molecule has 1 aromatic carbocycles. The van der Waals surface area contributed by atoms with Gasteiger partial charge in [0.05, 0.1) is 13.2 Å². The van der Waals surface area contributed by atoms with Crippen LogP contribution in [0.25, 0.3) is 0 Å². The van der Waals surface area contributed by atoms with E-state index in [-0.39, 0.29) is 23.3 Å². The Morgan fingerprint density at radius 1 is 1.38 bits per heavy atom. The third-order valence-corrected chi connectivity index (χ3v) is 3.81. The summed E-state index contributed by atoms with van der Waals surface area (Å²) in [7, 11) is 0. The largest absolute Gasteiger partial charge is 0.480 e. The number of halogens is 3. The van der Waals surface area contributed by atoms with Crippen LogP contribution < -0.4 is 0 Å². The van der Waals surface area contributed by atoms with Gasteiger partial charge in [-0.25, -0.2) is 0 Å². The maximum absolute atomic E-state index is 12.2. The fraction of sp³-hybridized carbons (Fsp3) is 0.462. The van der Waals surface area contributed by atoms with Crippen LogP contribution in [-0.4, -0.2) is 47.3 Å². The van der Waals surface area contributed by atoms with Crippen LogP contribution >= 0.6 is 11.8 Å². The molecule has 1 aliphatic rings. The molecule has 0 spiro atoms.